The van der Waals surface area contributed by atoms with Crippen molar-refractivity contribution >= 4 is 19.8 Å². The van der Waals surface area contributed by atoms with E-state index in [1.165, 1.54) is 39.0 Å². The molecular weight excluding hydrogens is 347 g/mol. The Hall–Kier alpha value is 0.679. The van der Waals surface area contributed by atoms with Crippen molar-refractivity contribution in [1.82, 2.24) is 0 Å². The summed E-state index contributed by atoms with van der Waals surface area (Å²) in [5.41, 5.74) is -0.649. The molecule has 0 saturated heterocycles. The molecule has 0 aromatic heterocycles. The minimum absolute atomic E-state index is 0.109. The Bertz CT molecular complexity index is 180. The zero-order chi connectivity index (χ0) is 14.6. The Morgan fingerprint density at radius 2 is 1.16 bits per heavy atom. The van der Waals surface area contributed by atoms with Gasteiger partial charge < -0.3 is 0 Å². The SMILES string of the molecule is CCC[CH2][Sn]([CH2]CCC)[CH2]CCC(CO)(CO)CO. The summed E-state index contributed by atoms with van der Waals surface area (Å²) in [4.78, 5) is 0. The third kappa shape index (κ3) is 8.53. The molecule has 0 aromatic rings. The Kier molecular flexibility index (Phi) is 12.9. The summed E-state index contributed by atoms with van der Waals surface area (Å²) in [6.07, 6.45) is 7.18. The van der Waals surface area contributed by atoms with E-state index < -0.39 is 25.2 Å². The number of unbranched alkanes of at least 4 members (excludes halogenated alkanes) is 2. The van der Waals surface area contributed by atoms with Gasteiger partial charge in [-0.15, -0.1) is 0 Å². The van der Waals surface area contributed by atoms with Gasteiger partial charge in [0.05, 0.1) is 0 Å². The average molecular weight is 380 g/mol. The second kappa shape index (κ2) is 12.4. The molecule has 0 aliphatic heterocycles. The first-order valence-corrected chi connectivity index (χ1v) is 13.9. The average Bonchev–Trinajstić information content (AvgIpc) is 2.46. The summed E-state index contributed by atoms with van der Waals surface area (Å²) >= 11 is -1.22. The second-order valence-electron chi connectivity index (χ2n) is 5.79. The molecule has 19 heavy (non-hydrogen) atoms. The van der Waals surface area contributed by atoms with E-state index in [0.29, 0.717) is 0 Å². The van der Waals surface area contributed by atoms with Crippen molar-refractivity contribution in [3.8, 4) is 0 Å². The standard InChI is InChI=1S/C7H15O3.2C4H9.Sn/c1-2-3-7(4-8,5-9)6-10;2*1-3-4-2;/h8-10H,1-6H2;2*1,3-4H2,2H3;. The van der Waals surface area contributed by atoms with Crippen molar-refractivity contribution in [1.29, 1.82) is 0 Å². The van der Waals surface area contributed by atoms with Crippen LogP contribution in [0, 0.1) is 5.41 Å². The molecule has 0 bridgehead atoms. The van der Waals surface area contributed by atoms with E-state index >= 15 is 0 Å². The molecular formula is C15H33O3Sn. The quantitative estimate of drug-likeness (QED) is 0.431. The molecule has 1 radical (unpaired) electrons. The number of hydrogen-bond acceptors (Lipinski definition) is 3. The summed E-state index contributed by atoms with van der Waals surface area (Å²) in [6.45, 7) is 4.19. The zero-order valence-electron chi connectivity index (χ0n) is 12.8. The number of aliphatic hydroxyl groups is 3. The fraction of sp³-hybridized carbons (Fsp3) is 1.00. The maximum absolute atomic E-state index is 9.32. The van der Waals surface area contributed by atoms with Crippen LogP contribution in [0.3, 0.4) is 0 Å². The molecule has 0 amide bonds. The van der Waals surface area contributed by atoms with Gasteiger partial charge in [-0.2, -0.15) is 0 Å². The van der Waals surface area contributed by atoms with Crippen molar-refractivity contribution in [2.45, 2.75) is 65.7 Å². The van der Waals surface area contributed by atoms with Crippen molar-refractivity contribution in [2.24, 2.45) is 5.41 Å². The Morgan fingerprint density at radius 1 is 0.737 bits per heavy atom. The number of hydrogen-bond donors (Lipinski definition) is 3. The molecule has 0 spiro atoms. The van der Waals surface area contributed by atoms with Crippen LogP contribution < -0.4 is 0 Å². The van der Waals surface area contributed by atoms with E-state index in [1.54, 1.807) is 0 Å². The van der Waals surface area contributed by atoms with Gasteiger partial charge in [-0.05, 0) is 0 Å². The van der Waals surface area contributed by atoms with Crippen molar-refractivity contribution in [2.75, 3.05) is 19.8 Å². The van der Waals surface area contributed by atoms with Gasteiger partial charge in [-0.3, -0.25) is 0 Å². The van der Waals surface area contributed by atoms with Crippen LogP contribution in [-0.4, -0.2) is 54.9 Å². The molecule has 0 aliphatic carbocycles. The van der Waals surface area contributed by atoms with Crippen LogP contribution in [0.25, 0.3) is 0 Å². The number of aliphatic hydroxyl groups excluding tert-OH is 3. The van der Waals surface area contributed by atoms with Crippen molar-refractivity contribution < 1.29 is 15.3 Å². The predicted molar refractivity (Wildman–Crippen MR) is 82.9 cm³/mol. The summed E-state index contributed by atoms with van der Waals surface area (Å²) in [7, 11) is 0. The van der Waals surface area contributed by atoms with Crippen LogP contribution in [0.5, 0.6) is 0 Å². The second-order valence-corrected chi connectivity index (χ2v) is 14.3. The van der Waals surface area contributed by atoms with E-state index in [9.17, 15) is 15.3 Å². The van der Waals surface area contributed by atoms with Gasteiger partial charge in [0.1, 0.15) is 0 Å². The van der Waals surface area contributed by atoms with E-state index in [0.717, 1.165) is 12.8 Å². The molecule has 0 fully saturated rings. The van der Waals surface area contributed by atoms with Gasteiger partial charge in [-0.25, -0.2) is 0 Å². The minimum atomic E-state index is -1.22. The zero-order valence-corrected chi connectivity index (χ0v) is 15.7. The van der Waals surface area contributed by atoms with E-state index in [2.05, 4.69) is 13.8 Å². The fourth-order valence-electron chi connectivity index (χ4n) is 2.33. The first-order chi connectivity index (χ1) is 9.17. The van der Waals surface area contributed by atoms with Crippen LogP contribution in [0.15, 0.2) is 0 Å². The fourth-order valence-corrected chi connectivity index (χ4v) is 11.3. The molecule has 0 rings (SSSR count). The molecule has 115 valence electrons. The van der Waals surface area contributed by atoms with Gasteiger partial charge in [0.15, 0.2) is 0 Å². The monoisotopic (exact) mass is 381 g/mol. The Morgan fingerprint density at radius 3 is 1.53 bits per heavy atom. The third-order valence-electron chi connectivity index (χ3n) is 4.01. The number of rotatable bonds is 13. The summed E-state index contributed by atoms with van der Waals surface area (Å²) < 4.78 is 4.33. The van der Waals surface area contributed by atoms with E-state index in [4.69, 9.17) is 0 Å². The van der Waals surface area contributed by atoms with Gasteiger partial charge in [0, 0.05) is 0 Å². The molecule has 0 atom stereocenters. The van der Waals surface area contributed by atoms with Crippen LogP contribution in [0.2, 0.25) is 13.3 Å². The molecule has 3 nitrogen and oxygen atoms in total. The first kappa shape index (κ1) is 19.7. The summed E-state index contributed by atoms with van der Waals surface area (Å²) in [5, 5.41) is 28.0. The van der Waals surface area contributed by atoms with E-state index in [-0.39, 0.29) is 19.8 Å². The van der Waals surface area contributed by atoms with E-state index in [1.807, 2.05) is 0 Å². The maximum atomic E-state index is 9.32. The molecule has 4 heteroatoms. The van der Waals surface area contributed by atoms with Crippen LogP contribution in [-0.2, 0) is 0 Å². The predicted octanol–water partition coefficient (Wildman–Crippen LogP) is 2.82. The Balaban J connectivity index is 4.07. The molecule has 0 unspecified atom stereocenters. The van der Waals surface area contributed by atoms with Crippen LogP contribution in [0.4, 0.5) is 0 Å². The molecule has 3 N–H and O–H groups in total. The van der Waals surface area contributed by atoms with Crippen LogP contribution >= 0.6 is 0 Å². The first-order valence-electron chi connectivity index (χ1n) is 7.84. The molecule has 0 heterocycles. The summed E-state index contributed by atoms with van der Waals surface area (Å²) in [5.74, 6) is 0. The Labute approximate surface area is 126 Å². The molecule has 0 aromatic carbocycles. The van der Waals surface area contributed by atoms with Gasteiger partial charge >= 0.3 is 126 Å². The van der Waals surface area contributed by atoms with Crippen molar-refractivity contribution in [3.63, 3.8) is 0 Å². The van der Waals surface area contributed by atoms with Crippen LogP contribution in [0.1, 0.15) is 52.4 Å². The van der Waals surface area contributed by atoms with Gasteiger partial charge in [-0.1, -0.05) is 0 Å². The van der Waals surface area contributed by atoms with Crippen molar-refractivity contribution in [3.05, 3.63) is 0 Å². The van der Waals surface area contributed by atoms with Gasteiger partial charge in [0.25, 0.3) is 0 Å². The summed E-state index contributed by atoms with van der Waals surface area (Å²) in [6, 6.07) is 0. The topological polar surface area (TPSA) is 60.7 Å². The molecule has 0 aliphatic rings. The molecule has 0 saturated carbocycles. The van der Waals surface area contributed by atoms with Gasteiger partial charge in [0.2, 0.25) is 0 Å². The third-order valence-corrected chi connectivity index (χ3v) is 13.1. The normalized spacial score (nSPS) is 12.3.